The van der Waals surface area contributed by atoms with E-state index in [4.69, 9.17) is 4.74 Å². The summed E-state index contributed by atoms with van der Waals surface area (Å²) < 4.78 is 6.70. The van der Waals surface area contributed by atoms with E-state index >= 15 is 0 Å². The van der Waals surface area contributed by atoms with Gasteiger partial charge in [-0.05, 0) is 0 Å². The minimum absolute atomic E-state index is 0.565. The van der Waals surface area contributed by atoms with Crippen LogP contribution in [0.1, 0.15) is 6.42 Å². The molecule has 92 valence electrons. The molecule has 4 heteroatoms. The van der Waals surface area contributed by atoms with Crippen LogP contribution in [-0.2, 0) is 4.74 Å². The van der Waals surface area contributed by atoms with Crippen molar-refractivity contribution in [3.63, 3.8) is 0 Å². The average molecular weight is 328 g/mol. The van der Waals surface area contributed by atoms with Gasteiger partial charge in [0.25, 0.3) is 0 Å². The van der Waals surface area contributed by atoms with E-state index in [-0.39, 0.29) is 0 Å². The number of nitrogens with zero attached hydrogens (tertiary/aromatic N) is 2. The molecule has 15 heavy (non-hydrogen) atoms. The molecule has 0 aliphatic carbocycles. The van der Waals surface area contributed by atoms with Crippen LogP contribution in [0.4, 0.5) is 0 Å². The van der Waals surface area contributed by atoms with Crippen LogP contribution in [0.15, 0.2) is 0 Å². The number of alkyl halides is 3. The molecule has 0 aromatic carbocycles. The molecule has 0 amide bonds. The fourth-order valence-electron chi connectivity index (χ4n) is 1.86. The van der Waals surface area contributed by atoms with E-state index in [0.29, 0.717) is 0 Å². The Morgan fingerprint density at radius 3 is 2.53 bits per heavy atom. The molecule has 1 rings (SSSR count). The van der Waals surface area contributed by atoms with E-state index in [0.717, 1.165) is 26.3 Å². The molecule has 1 aliphatic rings. The van der Waals surface area contributed by atoms with Gasteiger partial charge in [0.2, 0.25) is 0 Å². The standard InChI is InChI=1S/C11H25IN2O/c1-12(2)11-13(3)5-4-6-14-7-9-15-10-8-14/h4-11H2,1-3H3. The van der Waals surface area contributed by atoms with Gasteiger partial charge in [-0.3, -0.25) is 0 Å². The number of hydrogen-bond donors (Lipinski definition) is 0. The Bertz CT molecular complexity index is 161. The summed E-state index contributed by atoms with van der Waals surface area (Å²) >= 11 is -0.565. The number of morpholine rings is 1. The Morgan fingerprint density at radius 1 is 1.27 bits per heavy atom. The van der Waals surface area contributed by atoms with Gasteiger partial charge in [0.05, 0.1) is 0 Å². The predicted octanol–water partition coefficient (Wildman–Crippen LogP) is 1.36. The van der Waals surface area contributed by atoms with Crippen LogP contribution in [0.2, 0.25) is 0 Å². The fraction of sp³-hybridized carbons (Fsp3) is 1.00. The van der Waals surface area contributed by atoms with Crippen LogP contribution in [0.5, 0.6) is 0 Å². The molecule has 0 atom stereocenters. The summed E-state index contributed by atoms with van der Waals surface area (Å²) in [5, 5.41) is 0. The normalized spacial score (nSPS) is 19.6. The molecular weight excluding hydrogens is 303 g/mol. The first kappa shape index (κ1) is 13.7. The van der Waals surface area contributed by atoms with Crippen molar-refractivity contribution in [3.05, 3.63) is 0 Å². The summed E-state index contributed by atoms with van der Waals surface area (Å²) in [6.07, 6.45) is 1.31. The molecule has 1 fully saturated rings. The molecule has 1 saturated heterocycles. The van der Waals surface area contributed by atoms with Crippen molar-refractivity contribution in [1.29, 1.82) is 0 Å². The maximum absolute atomic E-state index is 5.33. The third-order valence-electron chi connectivity index (χ3n) is 2.56. The Hall–Kier alpha value is 0.610. The van der Waals surface area contributed by atoms with Gasteiger partial charge in [0, 0.05) is 0 Å². The van der Waals surface area contributed by atoms with Crippen molar-refractivity contribution in [3.8, 4) is 0 Å². The van der Waals surface area contributed by atoms with Gasteiger partial charge in [0.15, 0.2) is 0 Å². The second-order valence-electron chi connectivity index (χ2n) is 4.42. The van der Waals surface area contributed by atoms with Crippen LogP contribution in [0.3, 0.4) is 0 Å². The molecule has 0 aromatic rings. The van der Waals surface area contributed by atoms with E-state index in [9.17, 15) is 0 Å². The van der Waals surface area contributed by atoms with Crippen molar-refractivity contribution in [1.82, 2.24) is 9.80 Å². The summed E-state index contributed by atoms with van der Waals surface area (Å²) in [5.41, 5.74) is 0. The van der Waals surface area contributed by atoms with Crippen molar-refractivity contribution < 1.29 is 4.74 Å². The molecule has 0 spiro atoms. The molecule has 0 N–H and O–H groups in total. The first-order valence-electron chi connectivity index (χ1n) is 5.63. The molecule has 3 nitrogen and oxygen atoms in total. The van der Waals surface area contributed by atoms with Crippen LogP contribution < -0.4 is 0 Å². The second kappa shape index (κ2) is 7.81. The molecule has 1 heterocycles. The summed E-state index contributed by atoms with van der Waals surface area (Å²) in [7, 11) is 2.26. The van der Waals surface area contributed by atoms with Crippen LogP contribution in [0.25, 0.3) is 0 Å². The van der Waals surface area contributed by atoms with Gasteiger partial charge in [-0.25, -0.2) is 0 Å². The predicted molar refractivity (Wildman–Crippen MR) is 75.2 cm³/mol. The van der Waals surface area contributed by atoms with Crippen LogP contribution >= 0.6 is 19.8 Å². The molecule has 0 aromatic heterocycles. The van der Waals surface area contributed by atoms with Crippen LogP contribution in [-0.4, -0.2) is 70.7 Å². The summed E-state index contributed by atoms with van der Waals surface area (Å²) in [6, 6.07) is 0. The fourth-order valence-corrected chi connectivity index (χ4v) is 4.53. The van der Waals surface area contributed by atoms with Gasteiger partial charge < -0.3 is 0 Å². The average Bonchev–Trinajstić information content (AvgIpc) is 2.18. The van der Waals surface area contributed by atoms with E-state index in [1.54, 1.807) is 0 Å². The molecule has 1 aliphatic heterocycles. The second-order valence-corrected chi connectivity index (χ2v) is 10.3. The summed E-state index contributed by atoms with van der Waals surface area (Å²) in [5.74, 6) is 0. The first-order valence-corrected chi connectivity index (χ1v) is 11.5. The quantitative estimate of drug-likeness (QED) is 0.416. The van der Waals surface area contributed by atoms with Crippen LogP contribution in [0, 0.1) is 0 Å². The summed E-state index contributed by atoms with van der Waals surface area (Å²) in [4.78, 5) is 9.89. The third-order valence-corrected chi connectivity index (χ3v) is 5.09. The number of rotatable bonds is 6. The monoisotopic (exact) mass is 328 g/mol. The molecule has 0 unspecified atom stereocenters. The Morgan fingerprint density at radius 2 is 1.93 bits per heavy atom. The molecule has 0 bridgehead atoms. The van der Waals surface area contributed by atoms with Gasteiger partial charge in [-0.2, -0.15) is 0 Å². The van der Waals surface area contributed by atoms with Crippen molar-refractivity contribution in [2.45, 2.75) is 6.42 Å². The van der Waals surface area contributed by atoms with E-state index in [1.165, 1.54) is 24.1 Å². The van der Waals surface area contributed by atoms with Crippen molar-refractivity contribution in [2.24, 2.45) is 0 Å². The molecular formula is C11H25IN2O. The minimum atomic E-state index is -0.565. The molecule has 0 saturated carbocycles. The Kier molecular flexibility index (Phi) is 7.12. The van der Waals surface area contributed by atoms with Crippen molar-refractivity contribution >= 4 is 19.8 Å². The van der Waals surface area contributed by atoms with E-state index in [2.05, 4.69) is 26.7 Å². The zero-order valence-electron chi connectivity index (χ0n) is 10.3. The van der Waals surface area contributed by atoms with Gasteiger partial charge >= 0.3 is 102 Å². The summed E-state index contributed by atoms with van der Waals surface area (Å²) in [6.45, 7) is 6.61. The van der Waals surface area contributed by atoms with Gasteiger partial charge in [-0.1, -0.05) is 0 Å². The van der Waals surface area contributed by atoms with Crippen molar-refractivity contribution in [2.75, 3.05) is 60.9 Å². The third kappa shape index (κ3) is 6.71. The maximum atomic E-state index is 5.33. The zero-order chi connectivity index (χ0) is 11.1. The van der Waals surface area contributed by atoms with Gasteiger partial charge in [0.1, 0.15) is 0 Å². The Labute approximate surface area is 102 Å². The topological polar surface area (TPSA) is 15.7 Å². The van der Waals surface area contributed by atoms with E-state index in [1.807, 2.05) is 0 Å². The number of hydrogen-bond acceptors (Lipinski definition) is 3. The van der Waals surface area contributed by atoms with Gasteiger partial charge in [-0.15, -0.1) is 0 Å². The zero-order valence-corrected chi connectivity index (χ0v) is 12.5. The van der Waals surface area contributed by atoms with E-state index < -0.39 is 19.8 Å². The first-order chi connectivity index (χ1) is 7.18. The number of ether oxygens (including phenoxy) is 1. The SMILES string of the molecule is CN(CCCN1CCOCC1)CI(C)C. The molecule has 0 radical (unpaired) electrons. The Balaban J connectivity index is 1.99. The number of halogens is 1.